The minimum atomic E-state index is -0.764. The first-order valence-electron chi connectivity index (χ1n) is 2.10. The fourth-order valence-electron chi connectivity index (χ4n) is 0.226. The molecular formula is C5H10MgO2. The maximum Gasteiger partial charge on any atom is 0.316 e. The first kappa shape index (κ1) is 10.9. The minimum absolute atomic E-state index is 0. The second kappa shape index (κ2) is 6.98. The Balaban J connectivity index is 0. The zero-order valence-corrected chi connectivity index (χ0v) is 4.05. The van der Waals surface area contributed by atoms with E-state index in [-0.39, 0.29) is 29.5 Å². The van der Waals surface area contributed by atoms with Gasteiger partial charge in [0.15, 0.2) is 0 Å². The summed E-state index contributed by atoms with van der Waals surface area (Å²) in [7, 11) is 0. The van der Waals surface area contributed by atoms with Crippen LogP contribution in [-0.2, 0) is 4.79 Å². The Hall–Kier alpha value is -0.0238. The smallest absolute Gasteiger partial charge is 0.316 e. The van der Waals surface area contributed by atoms with Crippen LogP contribution in [0.15, 0.2) is 12.7 Å². The van der Waals surface area contributed by atoms with E-state index in [1.54, 1.807) is 6.08 Å². The van der Waals surface area contributed by atoms with Gasteiger partial charge in [0.1, 0.15) is 0 Å². The molecule has 0 aliphatic heterocycles. The SMILES string of the molecule is C=CCCC(=O)O.[MgH2]. The number of carboxylic acids is 1. The average molecular weight is 126 g/mol. The number of hydrogen-bond acceptors (Lipinski definition) is 1. The van der Waals surface area contributed by atoms with Crippen LogP contribution in [0, 0.1) is 0 Å². The summed E-state index contributed by atoms with van der Waals surface area (Å²) in [5.74, 6) is -0.764. The van der Waals surface area contributed by atoms with Gasteiger partial charge in [-0.2, -0.15) is 0 Å². The molecule has 0 rings (SSSR count). The van der Waals surface area contributed by atoms with E-state index in [1.165, 1.54) is 0 Å². The van der Waals surface area contributed by atoms with Crippen LogP contribution in [0.25, 0.3) is 0 Å². The molecule has 3 heteroatoms. The van der Waals surface area contributed by atoms with Crippen molar-refractivity contribution < 1.29 is 9.90 Å². The molecule has 0 aliphatic carbocycles. The van der Waals surface area contributed by atoms with E-state index in [1.807, 2.05) is 0 Å². The van der Waals surface area contributed by atoms with E-state index >= 15 is 0 Å². The molecule has 0 atom stereocenters. The van der Waals surface area contributed by atoms with Crippen molar-refractivity contribution in [2.75, 3.05) is 0 Å². The first-order valence-corrected chi connectivity index (χ1v) is 2.10. The van der Waals surface area contributed by atoms with Crippen molar-refractivity contribution in [1.29, 1.82) is 0 Å². The fraction of sp³-hybridized carbons (Fsp3) is 0.400. The monoisotopic (exact) mass is 126 g/mol. The highest BCUT2D eigenvalue weighted by Crippen LogP contribution is 1.86. The highest BCUT2D eigenvalue weighted by Gasteiger charge is 1.89. The molecule has 0 amide bonds. The summed E-state index contributed by atoms with van der Waals surface area (Å²) in [5.41, 5.74) is 0. The second-order valence-corrected chi connectivity index (χ2v) is 1.22. The molecule has 0 bridgehead atoms. The second-order valence-electron chi connectivity index (χ2n) is 1.22. The topological polar surface area (TPSA) is 37.3 Å². The Morgan fingerprint density at radius 3 is 2.38 bits per heavy atom. The fourth-order valence-corrected chi connectivity index (χ4v) is 0.226. The van der Waals surface area contributed by atoms with Crippen LogP contribution in [0.1, 0.15) is 12.8 Å². The average Bonchev–Trinajstić information content (AvgIpc) is 1.61. The molecule has 0 aliphatic rings. The summed E-state index contributed by atoms with van der Waals surface area (Å²) in [6, 6.07) is 0. The lowest BCUT2D eigenvalue weighted by molar-refractivity contribution is -0.136. The Morgan fingerprint density at radius 2 is 2.25 bits per heavy atom. The summed E-state index contributed by atoms with van der Waals surface area (Å²) in [6.45, 7) is 3.37. The van der Waals surface area contributed by atoms with Gasteiger partial charge >= 0.3 is 29.0 Å². The molecule has 0 saturated heterocycles. The van der Waals surface area contributed by atoms with Crippen molar-refractivity contribution in [1.82, 2.24) is 0 Å². The molecule has 0 aromatic carbocycles. The van der Waals surface area contributed by atoms with Gasteiger partial charge in [0.25, 0.3) is 0 Å². The third-order valence-corrected chi connectivity index (χ3v) is 0.562. The Morgan fingerprint density at radius 1 is 1.75 bits per heavy atom. The third kappa shape index (κ3) is 9.36. The van der Waals surface area contributed by atoms with Crippen LogP contribution in [0.3, 0.4) is 0 Å². The number of aliphatic carboxylic acids is 1. The van der Waals surface area contributed by atoms with Crippen LogP contribution in [0.4, 0.5) is 0 Å². The summed E-state index contributed by atoms with van der Waals surface area (Å²) in [4.78, 5) is 9.71. The van der Waals surface area contributed by atoms with Crippen molar-refractivity contribution in [2.24, 2.45) is 0 Å². The molecule has 0 spiro atoms. The lowest BCUT2D eigenvalue weighted by atomic mass is 10.3. The maximum absolute atomic E-state index is 9.71. The zero-order valence-electron chi connectivity index (χ0n) is 4.05. The number of rotatable bonds is 3. The van der Waals surface area contributed by atoms with Gasteiger partial charge in [-0.05, 0) is 6.42 Å². The zero-order chi connectivity index (χ0) is 5.70. The molecule has 2 nitrogen and oxygen atoms in total. The highest BCUT2D eigenvalue weighted by atomic mass is 24.3. The molecule has 0 saturated carbocycles. The molecule has 0 radical (unpaired) electrons. The third-order valence-electron chi connectivity index (χ3n) is 0.562. The van der Waals surface area contributed by atoms with Crippen molar-refractivity contribution in [2.45, 2.75) is 12.8 Å². The van der Waals surface area contributed by atoms with E-state index in [0.29, 0.717) is 6.42 Å². The molecular weight excluding hydrogens is 116 g/mol. The van der Waals surface area contributed by atoms with Crippen molar-refractivity contribution >= 4 is 29.0 Å². The van der Waals surface area contributed by atoms with Gasteiger partial charge in [-0.3, -0.25) is 4.79 Å². The van der Waals surface area contributed by atoms with Gasteiger partial charge in [-0.25, -0.2) is 0 Å². The lowest BCUT2D eigenvalue weighted by Gasteiger charge is -1.82. The van der Waals surface area contributed by atoms with Gasteiger partial charge in [-0.1, -0.05) is 6.08 Å². The lowest BCUT2D eigenvalue weighted by Crippen LogP contribution is -1.90. The van der Waals surface area contributed by atoms with Gasteiger partial charge in [0.2, 0.25) is 0 Å². The van der Waals surface area contributed by atoms with Crippen LogP contribution < -0.4 is 0 Å². The molecule has 0 aromatic heterocycles. The molecule has 0 heterocycles. The molecule has 0 fully saturated rings. The maximum atomic E-state index is 9.71. The van der Waals surface area contributed by atoms with E-state index in [0.717, 1.165) is 0 Å². The van der Waals surface area contributed by atoms with Crippen LogP contribution >= 0.6 is 0 Å². The number of carboxylic acid groups (broad SMARTS) is 1. The van der Waals surface area contributed by atoms with Gasteiger partial charge in [0.05, 0.1) is 0 Å². The van der Waals surface area contributed by atoms with E-state index < -0.39 is 5.97 Å². The number of allylic oxidation sites excluding steroid dienone is 1. The van der Waals surface area contributed by atoms with E-state index in [9.17, 15) is 4.79 Å². The standard InChI is InChI=1S/C5H8O2.Mg.2H/c1-2-3-4-5(6)7;;;/h2H,1,3-4H2,(H,6,7);;;. The van der Waals surface area contributed by atoms with Crippen molar-refractivity contribution in [3.63, 3.8) is 0 Å². The van der Waals surface area contributed by atoms with Crippen LogP contribution in [-0.4, -0.2) is 34.1 Å². The van der Waals surface area contributed by atoms with Gasteiger partial charge in [-0.15, -0.1) is 6.58 Å². The first-order chi connectivity index (χ1) is 3.27. The van der Waals surface area contributed by atoms with Crippen molar-refractivity contribution in [3.05, 3.63) is 12.7 Å². The Labute approximate surface area is 64.7 Å². The normalized spacial score (nSPS) is 7.00. The molecule has 1 N–H and O–H groups in total. The minimum Gasteiger partial charge on any atom is -0.481 e. The van der Waals surface area contributed by atoms with Gasteiger partial charge < -0.3 is 5.11 Å². The largest absolute Gasteiger partial charge is 0.481 e. The van der Waals surface area contributed by atoms with E-state index in [4.69, 9.17) is 5.11 Å². The van der Waals surface area contributed by atoms with Crippen LogP contribution in [0.5, 0.6) is 0 Å². The Kier molecular flexibility index (Phi) is 9.48. The summed E-state index contributed by atoms with van der Waals surface area (Å²) in [5, 5.41) is 8.00. The highest BCUT2D eigenvalue weighted by molar-refractivity contribution is 5.75. The van der Waals surface area contributed by atoms with Gasteiger partial charge in [0, 0.05) is 6.42 Å². The summed E-state index contributed by atoms with van der Waals surface area (Å²) in [6.07, 6.45) is 2.35. The number of hydrogen-bond donors (Lipinski definition) is 1. The summed E-state index contributed by atoms with van der Waals surface area (Å²) < 4.78 is 0. The van der Waals surface area contributed by atoms with Crippen LogP contribution in [0.2, 0.25) is 0 Å². The predicted octanol–water partition coefficient (Wildman–Crippen LogP) is 0.121. The predicted molar refractivity (Wildman–Crippen MR) is 35.6 cm³/mol. The molecule has 44 valence electrons. The van der Waals surface area contributed by atoms with E-state index in [2.05, 4.69) is 6.58 Å². The van der Waals surface area contributed by atoms with Crippen molar-refractivity contribution in [3.8, 4) is 0 Å². The molecule has 0 unspecified atom stereocenters. The quantitative estimate of drug-likeness (QED) is 0.431. The number of carbonyl (C=O) groups is 1. The molecule has 8 heavy (non-hydrogen) atoms. The Bertz CT molecular complexity index is 80.5. The molecule has 0 aromatic rings. The summed E-state index contributed by atoms with van der Waals surface area (Å²) >= 11 is 0.